The van der Waals surface area contributed by atoms with Crippen molar-refractivity contribution >= 4 is 11.6 Å². The van der Waals surface area contributed by atoms with Crippen LogP contribution in [0.25, 0.3) is 0 Å². The lowest BCUT2D eigenvalue weighted by Gasteiger charge is -2.32. The van der Waals surface area contributed by atoms with Gasteiger partial charge in [0, 0.05) is 38.7 Å². The van der Waals surface area contributed by atoms with Gasteiger partial charge in [0.05, 0.1) is 0 Å². The molecule has 2 rings (SSSR count). The molecule has 1 aliphatic rings. The van der Waals surface area contributed by atoms with Crippen molar-refractivity contribution in [1.82, 2.24) is 9.97 Å². The third-order valence-corrected chi connectivity index (χ3v) is 2.78. The highest BCUT2D eigenvalue weighted by atomic mass is 16.5. The summed E-state index contributed by atoms with van der Waals surface area (Å²) in [6.45, 7) is 1.63. The van der Waals surface area contributed by atoms with E-state index in [0.29, 0.717) is 11.9 Å². The lowest BCUT2D eigenvalue weighted by atomic mass is 10.1. The Morgan fingerprint density at radius 2 is 2.00 bits per heavy atom. The molecule has 1 fully saturated rings. The Balaban J connectivity index is 2.12. The molecule has 1 aromatic heterocycles. The summed E-state index contributed by atoms with van der Waals surface area (Å²) in [5, 5.41) is 0. The molecular formula is C10H16N4O. The Morgan fingerprint density at radius 3 is 2.67 bits per heavy atom. The average molecular weight is 208 g/mol. The fourth-order valence-electron chi connectivity index (χ4n) is 1.86. The van der Waals surface area contributed by atoms with Gasteiger partial charge in [-0.1, -0.05) is 0 Å². The van der Waals surface area contributed by atoms with Crippen LogP contribution in [-0.2, 0) is 4.74 Å². The summed E-state index contributed by atoms with van der Waals surface area (Å²) in [6.07, 6.45) is 5.32. The minimum absolute atomic E-state index is 0.456. The number of nitrogens with two attached hydrogens (primary N) is 1. The van der Waals surface area contributed by atoms with Gasteiger partial charge in [-0.25, -0.2) is 9.97 Å². The minimum Gasteiger partial charge on any atom is -0.381 e. The standard InChI is InChI=1S/C10H16N4O/c1-14(8-2-6-15-7-3-8)10-9(11)12-4-5-13-10/h4-5,8H,2-3,6-7H2,1H3,(H2,11,12). The van der Waals surface area contributed by atoms with Crippen LogP contribution >= 0.6 is 0 Å². The van der Waals surface area contributed by atoms with Gasteiger partial charge in [-0.3, -0.25) is 0 Å². The quantitative estimate of drug-likeness (QED) is 0.774. The van der Waals surface area contributed by atoms with Crippen LogP contribution in [0.4, 0.5) is 11.6 Å². The zero-order chi connectivity index (χ0) is 10.7. The summed E-state index contributed by atoms with van der Waals surface area (Å²) in [6, 6.07) is 0.456. The molecule has 82 valence electrons. The maximum atomic E-state index is 5.78. The molecule has 1 aromatic rings. The van der Waals surface area contributed by atoms with Gasteiger partial charge in [-0.2, -0.15) is 0 Å². The highest BCUT2D eigenvalue weighted by molar-refractivity contribution is 5.57. The smallest absolute Gasteiger partial charge is 0.171 e. The number of aromatic nitrogens is 2. The van der Waals surface area contributed by atoms with E-state index in [2.05, 4.69) is 14.9 Å². The Bertz CT molecular complexity index is 325. The van der Waals surface area contributed by atoms with Crippen LogP contribution in [-0.4, -0.2) is 36.3 Å². The second-order valence-corrected chi connectivity index (χ2v) is 3.72. The molecule has 0 amide bonds. The number of hydrogen-bond acceptors (Lipinski definition) is 5. The molecule has 1 aliphatic heterocycles. The number of nitrogen functional groups attached to an aromatic ring is 1. The largest absolute Gasteiger partial charge is 0.381 e. The Labute approximate surface area is 89.3 Å². The first kappa shape index (κ1) is 10.2. The van der Waals surface area contributed by atoms with Gasteiger partial charge in [0.2, 0.25) is 0 Å². The molecule has 0 unspecified atom stereocenters. The van der Waals surface area contributed by atoms with E-state index < -0.39 is 0 Å². The third-order valence-electron chi connectivity index (χ3n) is 2.78. The molecule has 5 heteroatoms. The SMILES string of the molecule is CN(c1nccnc1N)C1CCOCC1. The third kappa shape index (κ3) is 2.18. The van der Waals surface area contributed by atoms with E-state index in [4.69, 9.17) is 10.5 Å². The predicted molar refractivity (Wildman–Crippen MR) is 58.7 cm³/mol. The number of rotatable bonds is 2. The lowest BCUT2D eigenvalue weighted by Crippen LogP contribution is -2.37. The van der Waals surface area contributed by atoms with E-state index in [0.717, 1.165) is 31.9 Å². The fourth-order valence-corrected chi connectivity index (χ4v) is 1.86. The molecule has 0 spiro atoms. The Hall–Kier alpha value is -1.36. The molecule has 5 nitrogen and oxygen atoms in total. The van der Waals surface area contributed by atoms with E-state index in [1.165, 1.54) is 0 Å². The van der Waals surface area contributed by atoms with Crippen LogP contribution in [0.5, 0.6) is 0 Å². The second kappa shape index (κ2) is 4.44. The second-order valence-electron chi connectivity index (χ2n) is 3.72. The molecule has 0 radical (unpaired) electrons. The van der Waals surface area contributed by atoms with E-state index >= 15 is 0 Å². The van der Waals surface area contributed by atoms with Gasteiger partial charge in [0.25, 0.3) is 0 Å². The Kier molecular flexibility index (Phi) is 3.01. The topological polar surface area (TPSA) is 64.3 Å². The highest BCUT2D eigenvalue weighted by Crippen LogP contribution is 2.22. The Morgan fingerprint density at radius 1 is 1.33 bits per heavy atom. The van der Waals surface area contributed by atoms with Gasteiger partial charge >= 0.3 is 0 Å². The fraction of sp³-hybridized carbons (Fsp3) is 0.600. The molecule has 0 saturated carbocycles. The summed E-state index contributed by atoms with van der Waals surface area (Å²) in [5.74, 6) is 1.26. The number of anilines is 2. The van der Waals surface area contributed by atoms with Crippen LogP contribution in [0.1, 0.15) is 12.8 Å². The van der Waals surface area contributed by atoms with Crippen molar-refractivity contribution < 1.29 is 4.74 Å². The molecule has 0 aliphatic carbocycles. The molecule has 15 heavy (non-hydrogen) atoms. The molecule has 0 bridgehead atoms. The molecule has 1 saturated heterocycles. The molecule has 2 heterocycles. The molecule has 0 aromatic carbocycles. The number of hydrogen-bond donors (Lipinski definition) is 1. The van der Waals surface area contributed by atoms with Crippen molar-refractivity contribution in [3.05, 3.63) is 12.4 Å². The van der Waals surface area contributed by atoms with Crippen LogP contribution in [0.2, 0.25) is 0 Å². The summed E-state index contributed by atoms with van der Waals surface area (Å²) in [4.78, 5) is 10.4. The normalized spacial score (nSPS) is 17.7. The number of nitrogens with zero attached hydrogens (tertiary/aromatic N) is 3. The van der Waals surface area contributed by atoms with Crippen LogP contribution in [0.15, 0.2) is 12.4 Å². The van der Waals surface area contributed by atoms with Gasteiger partial charge in [0.1, 0.15) is 0 Å². The van der Waals surface area contributed by atoms with Crippen molar-refractivity contribution in [3.63, 3.8) is 0 Å². The van der Waals surface area contributed by atoms with Gasteiger partial charge in [-0.05, 0) is 12.8 Å². The summed E-state index contributed by atoms with van der Waals surface area (Å²) >= 11 is 0. The van der Waals surface area contributed by atoms with Crippen LogP contribution in [0.3, 0.4) is 0 Å². The van der Waals surface area contributed by atoms with E-state index in [9.17, 15) is 0 Å². The molecular weight excluding hydrogens is 192 g/mol. The zero-order valence-corrected chi connectivity index (χ0v) is 8.89. The summed E-state index contributed by atoms with van der Waals surface area (Å²) in [5.41, 5.74) is 5.78. The van der Waals surface area contributed by atoms with Crippen molar-refractivity contribution in [2.45, 2.75) is 18.9 Å². The van der Waals surface area contributed by atoms with Crippen molar-refractivity contribution in [2.75, 3.05) is 30.9 Å². The monoisotopic (exact) mass is 208 g/mol. The van der Waals surface area contributed by atoms with Gasteiger partial charge in [-0.15, -0.1) is 0 Å². The molecule has 0 atom stereocenters. The van der Waals surface area contributed by atoms with E-state index in [1.807, 2.05) is 7.05 Å². The van der Waals surface area contributed by atoms with Crippen molar-refractivity contribution in [2.24, 2.45) is 0 Å². The van der Waals surface area contributed by atoms with E-state index in [1.54, 1.807) is 12.4 Å². The van der Waals surface area contributed by atoms with Gasteiger partial charge < -0.3 is 15.4 Å². The molecule has 2 N–H and O–H groups in total. The van der Waals surface area contributed by atoms with Crippen LogP contribution < -0.4 is 10.6 Å². The first-order chi connectivity index (χ1) is 7.29. The zero-order valence-electron chi connectivity index (χ0n) is 8.89. The maximum absolute atomic E-state index is 5.78. The minimum atomic E-state index is 0.456. The first-order valence-corrected chi connectivity index (χ1v) is 5.16. The first-order valence-electron chi connectivity index (χ1n) is 5.16. The van der Waals surface area contributed by atoms with Gasteiger partial charge in [0.15, 0.2) is 11.6 Å². The number of ether oxygens (including phenoxy) is 1. The highest BCUT2D eigenvalue weighted by Gasteiger charge is 2.20. The summed E-state index contributed by atoms with van der Waals surface area (Å²) in [7, 11) is 2.01. The van der Waals surface area contributed by atoms with Crippen LogP contribution in [0, 0.1) is 0 Å². The van der Waals surface area contributed by atoms with Crippen molar-refractivity contribution in [1.29, 1.82) is 0 Å². The average Bonchev–Trinajstić information content (AvgIpc) is 2.30. The lowest BCUT2D eigenvalue weighted by molar-refractivity contribution is 0.0854. The van der Waals surface area contributed by atoms with E-state index in [-0.39, 0.29) is 0 Å². The summed E-state index contributed by atoms with van der Waals surface area (Å²) < 4.78 is 5.32. The maximum Gasteiger partial charge on any atom is 0.171 e. The predicted octanol–water partition coefficient (Wildman–Crippen LogP) is 0.674. The van der Waals surface area contributed by atoms with Crippen molar-refractivity contribution in [3.8, 4) is 0 Å².